The number of carboxylic acids is 1. The van der Waals surface area contributed by atoms with Crippen molar-refractivity contribution >= 4 is 17.3 Å². The van der Waals surface area contributed by atoms with Gasteiger partial charge in [0.1, 0.15) is 5.01 Å². The minimum absolute atomic E-state index is 0.184. The summed E-state index contributed by atoms with van der Waals surface area (Å²) >= 11 is 1.78. The zero-order chi connectivity index (χ0) is 17.9. The van der Waals surface area contributed by atoms with Crippen LogP contribution >= 0.6 is 11.3 Å². The average Bonchev–Trinajstić information content (AvgIpc) is 3.11. The number of hydrogen-bond acceptors (Lipinski definition) is 5. The van der Waals surface area contributed by atoms with Crippen molar-refractivity contribution in [3.8, 4) is 10.6 Å². The SMILES string of the molecule is O=C(O)C1CCC(OCc2ccc(-c3nc4c(s3)CNCC4)cc2)CC1. The molecule has 2 heterocycles. The van der Waals surface area contributed by atoms with Crippen LogP contribution in [0.15, 0.2) is 24.3 Å². The van der Waals surface area contributed by atoms with E-state index in [0.717, 1.165) is 61.3 Å². The second kappa shape index (κ2) is 7.86. The predicted octanol–water partition coefficient (Wildman–Crippen LogP) is 3.62. The number of nitrogens with one attached hydrogen (secondary N) is 1. The van der Waals surface area contributed by atoms with Crippen LogP contribution in [0.4, 0.5) is 0 Å². The van der Waals surface area contributed by atoms with E-state index in [2.05, 4.69) is 29.6 Å². The molecule has 0 bridgehead atoms. The molecule has 26 heavy (non-hydrogen) atoms. The van der Waals surface area contributed by atoms with Crippen molar-refractivity contribution in [2.24, 2.45) is 5.92 Å². The van der Waals surface area contributed by atoms with Crippen molar-refractivity contribution < 1.29 is 14.6 Å². The molecular formula is C20H24N2O3S. The van der Waals surface area contributed by atoms with Crippen LogP contribution in [0.1, 0.15) is 41.8 Å². The van der Waals surface area contributed by atoms with Crippen molar-refractivity contribution in [1.82, 2.24) is 10.3 Å². The molecule has 1 aliphatic heterocycles. The zero-order valence-electron chi connectivity index (χ0n) is 14.7. The molecule has 2 aliphatic rings. The number of aromatic nitrogens is 1. The molecule has 0 unspecified atom stereocenters. The third-order valence-electron chi connectivity index (χ3n) is 5.31. The highest BCUT2D eigenvalue weighted by Crippen LogP contribution is 2.30. The molecule has 1 fully saturated rings. The Morgan fingerprint density at radius 3 is 2.69 bits per heavy atom. The molecular weight excluding hydrogens is 348 g/mol. The van der Waals surface area contributed by atoms with E-state index >= 15 is 0 Å². The lowest BCUT2D eigenvalue weighted by atomic mass is 9.87. The Kier molecular flexibility index (Phi) is 5.33. The highest BCUT2D eigenvalue weighted by molar-refractivity contribution is 7.15. The van der Waals surface area contributed by atoms with Crippen molar-refractivity contribution in [3.05, 3.63) is 40.4 Å². The summed E-state index contributed by atoms with van der Waals surface area (Å²) in [5.41, 5.74) is 3.56. The maximum atomic E-state index is 11.0. The molecule has 0 atom stereocenters. The monoisotopic (exact) mass is 372 g/mol. The fourth-order valence-electron chi connectivity index (χ4n) is 3.68. The third kappa shape index (κ3) is 3.98. The summed E-state index contributed by atoms with van der Waals surface area (Å²) < 4.78 is 5.99. The van der Waals surface area contributed by atoms with Crippen LogP contribution < -0.4 is 5.32 Å². The van der Waals surface area contributed by atoms with Gasteiger partial charge in [0.05, 0.1) is 24.3 Å². The highest BCUT2D eigenvalue weighted by atomic mass is 32.1. The van der Waals surface area contributed by atoms with Gasteiger partial charge in [0, 0.05) is 30.0 Å². The van der Waals surface area contributed by atoms with Gasteiger partial charge in [-0.2, -0.15) is 0 Å². The van der Waals surface area contributed by atoms with Crippen molar-refractivity contribution in [1.29, 1.82) is 0 Å². The van der Waals surface area contributed by atoms with E-state index in [-0.39, 0.29) is 12.0 Å². The molecule has 0 radical (unpaired) electrons. The van der Waals surface area contributed by atoms with Crippen molar-refractivity contribution in [3.63, 3.8) is 0 Å². The van der Waals surface area contributed by atoms with E-state index in [1.54, 1.807) is 11.3 Å². The van der Waals surface area contributed by atoms with Crippen molar-refractivity contribution in [2.45, 2.75) is 51.4 Å². The Balaban J connectivity index is 1.32. The van der Waals surface area contributed by atoms with Gasteiger partial charge in [-0.25, -0.2) is 4.98 Å². The molecule has 4 rings (SSSR count). The van der Waals surface area contributed by atoms with Gasteiger partial charge in [-0.1, -0.05) is 24.3 Å². The van der Waals surface area contributed by atoms with Crippen LogP contribution in [0.25, 0.3) is 10.6 Å². The molecule has 1 saturated carbocycles. The van der Waals surface area contributed by atoms with Crippen LogP contribution in [0.3, 0.4) is 0 Å². The first-order chi connectivity index (χ1) is 12.7. The first-order valence-electron chi connectivity index (χ1n) is 9.32. The van der Waals surface area contributed by atoms with E-state index in [1.807, 2.05) is 0 Å². The number of carboxylic acid groups (broad SMARTS) is 1. The van der Waals surface area contributed by atoms with Gasteiger partial charge in [-0.3, -0.25) is 4.79 Å². The van der Waals surface area contributed by atoms with Gasteiger partial charge in [-0.05, 0) is 31.2 Å². The third-order valence-corrected chi connectivity index (χ3v) is 6.46. The first-order valence-corrected chi connectivity index (χ1v) is 10.1. The predicted molar refractivity (Wildman–Crippen MR) is 101 cm³/mol. The molecule has 2 aromatic rings. The second-order valence-electron chi connectivity index (χ2n) is 7.14. The van der Waals surface area contributed by atoms with E-state index in [1.165, 1.54) is 10.6 Å². The van der Waals surface area contributed by atoms with Crippen LogP contribution in [0, 0.1) is 5.92 Å². The van der Waals surface area contributed by atoms with E-state index in [4.69, 9.17) is 14.8 Å². The van der Waals surface area contributed by atoms with Gasteiger partial charge in [0.25, 0.3) is 0 Å². The minimum Gasteiger partial charge on any atom is -0.481 e. The largest absolute Gasteiger partial charge is 0.481 e. The standard InChI is InChI=1S/C20H24N2O3S/c23-20(24)15-5-7-16(8-6-15)25-12-13-1-3-14(4-2-13)19-22-17-9-10-21-11-18(17)26-19/h1-4,15-16,21H,5-12H2,(H,23,24). The molecule has 138 valence electrons. The molecule has 5 nitrogen and oxygen atoms in total. The smallest absolute Gasteiger partial charge is 0.306 e. The Morgan fingerprint density at radius 2 is 2.00 bits per heavy atom. The van der Waals surface area contributed by atoms with Gasteiger partial charge < -0.3 is 15.2 Å². The van der Waals surface area contributed by atoms with Crippen LogP contribution in [-0.2, 0) is 29.1 Å². The van der Waals surface area contributed by atoms with Gasteiger partial charge in [0.2, 0.25) is 0 Å². The van der Waals surface area contributed by atoms with Gasteiger partial charge in [-0.15, -0.1) is 11.3 Å². The molecule has 1 aromatic heterocycles. The average molecular weight is 372 g/mol. The number of carbonyl (C=O) groups is 1. The second-order valence-corrected chi connectivity index (χ2v) is 8.22. The summed E-state index contributed by atoms with van der Waals surface area (Å²) in [7, 11) is 0. The quantitative estimate of drug-likeness (QED) is 0.839. The number of hydrogen-bond donors (Lipinski definition) is 2. The number of nitrogens with zero attached hydrogens (tertiary/aromatic N) is 1. The lowest BCUT2D eigenvalue weighted by Crippen LogP contribution is -2.25. The summed E-state index contributed by atoms with van der Waals surface area (Å²) in [6.07, 6.45) is 4.33. The topological polar surface area (TPSA) is 71.5 Å². The lowest BCUT2D eigenvalue weighted by molar-refractivity contribution is -0.143. The maximum Gasteiger partial charge on any atom is 0.306 e. The maximum absolute atomic E-state index is 11.0. The summed E-state index contributed by atoms with van der Waals surface area (Å²) in [6, 6.07) is 8.46. The fourth-order valence-corrected chi connectivity index (χ4v) is 4.77. The molecule has 0 amide bonds. The Labute approximate surface area is 157 Å². The van der Waals surface area contributed by atoms with Gasteiger partial charge in [0.15, 0.2) is 0 Å². The highest BCUT2D eigenvalue weighted by Gasteiger charge is 2.26. The Hall–Kier alpha value is -1.76. The first kappa shape index (κ1) is 17.6. The molecule has 1 aromatic carbocycles. The van der Waals surface area contributed by atoms with E-state index in [9.17, 15) is 4.79 Å². The summed E-state index contributed by atoms with van der Waals surface area (Å²) in [6.45, 7) is 2.53. The number of aliphatic carboxylic acids is 1. The van der Waals surface area contributed by atoms with Gasteiger partial charge >= 0.3 is 5.97 Å². The zero-order valence-corrected chi connectivity index (χ0v) is 15.6. The number of benzene rings is 1. The minimum atomic E-state index is -0.668. The molecule has 0 saturated heterocycles. The normalized spacial score (nSPS) is 22.8. The van der Waals surface area contributed by atoms with Crippen LogP contribution in [0.2, 0.25) is 0 Å². The molecule has 1 aliphatic carbocycles. The summed E-state index contributed by atoms with van der Waals surface area (Å²) in [4.78, 5) is 17.2. The molecule has 2 N–H and O–H groups in total. The number of ether oxygens (including phenoxy) is 1. The number of fused-ring (bicyclic) bond motifs is 1. The van der Waals surface area contributed by atoms with Crippen LogP contribution in [-0.4, -0.2) is 28.7 Å². The van der Waals surface area contributed by atoms with Crippen molar-refractivity contribution in [2.75, 3.05) is 6.54 Å². The van der Waals surface area contributed by atoms with E-state index < -0.39 is 5.97 Å². The fraction of sp³-hybridized carbons (Fsp3) is 0.500. The Morgan fingerprint density at radius 1 is 1.23 bits per heavy atom. The number of thiazole rings is 1. The Bertz CT molecular complexity index is 740. The molecule has 6 heteroatoms. The number of rotatable bonds is 5. The van der Waals surface area contributed by atoms with E-state index in [0.29, 0.717) is 6.61 Å². The van der Waals surface area contributed by atoms with Crippen LogP contribution in [0.5, 0.6) is 0 Å². The molecule has 0 spiro atoms. The summed E-state index contributed by atoms with van der Waals surface area (Å²) in [5.74, 6) is -0.855. The summed E-state index contributed by atoms with van der Waals surface area (Å²) in [5, 5.41) is 13.5. The lowest BCUT2D eigenvalue weighted by Gasteiger charge is -2.26.